The van der Waals surface area contributed by atoms with Crippen LogP contribution in [-0.4, -0.2) is 30.9 Å². The molecule has 0 spiro atoms. The van der Waals surface area contributed by atoms with Crippen LogP contribution in [0.3, 0.4) is 0 Å². The largest absolute Gasteiger partial charge is 0.507 e. The maximum Gasteiger partial charge on any atom is 0.275 e. The van der Waals surface area contributed by atoms with Crippen molar-refractivity contribution in [1.82, 2.24) is 5.43 Å². The van der Waals surface area contributed by atoms with E-state index in [4.69, 9.17) is 9.47 Å². The van der Waals surface area contributed by atoms with Crippen molar-refractivity contribution in [1.29, 1.82) is 0 Å². The average molecular weight is 326 g/mol. The highest BCUT2D eigenvalue weighted by molar-refractivity contribution is 5.97. The van der Waals surface area contributed by atoms with Gasteiger partial charge >= 0.3 is 0 Å². The number of rotatable bonds is 7. The Bertz CT molecular complexity index is 756. The van der Waals surface area contributed by atoms with Gasteiger partial charge in [-0.25, -0.2) is 5.43 Å². The number of para-hydroxylation sites is 1. The zero-order chi connectivity index (χ0) is 17.4. The van der Waals surface area contributed by atoms with E-state index >= 15 is 0 Å². The molecule has 0 atom stereocenters. The maximum atomic E-state index is 11.9. The van der Waals surface area contributed by atoms with Crippen LogP contribution in [-0.2, 0) is 0 Å². The number of amides is 1. The third-order valence-corrected chi connectivity index (χ3v) is 3.07. The van der Waals surface area contributed by atoms with Crippen molar-refractivity contribution in [2.45, 2.75) is 0 Å². The number of nitrogens with zero attached hydrogens (tertiary/aromatic N) is 1. The van der Waals surface area contributed by atoms with Crippen LogP contribution in [0.15, 0.2) is 60.2 Å². The van der Waals surface area contributed by atoms with Crippen LogP contribution in [0.5, 0.6) is 17.2 Å². The molecule has 0 bridgehead atoms. The lowest BCUT2D eigenvalue weighted by Gasteiger charge is -2.09. The van der Waals surface area contributed by atoms with E-state index < -0.39 is 5.91 Å². The summed E-state index contributed by atoms with van der Waals surface area (Å²) in [5.41, 5.74) is 3.23. The van der Waals surface area contributed by atoms with Crippen molar-refractivity contribution in [3.8, 4) is 17.2 Å². The highest BCUT2D eigenvalue weighted by Crippen LogP contribution is 2.27. The summed E-state index contributed by atoms with van der Waals surface area (Å²) in [5.74, 6) is 0.540. The van der Waals surface area contributed by atoms with Gasteiger partial charge in [-0.05, 0) is 35.9 Å². The number of methoxy groups -OCH3 is 1. The normalized spacial score (nSPS) is 10.4. The second-order valence-corrected chi connectivity index (χ2v) is 4.73. The van der Waals surface area contributed by atoms with Gasteiger partial charge in [-0.15, -0.1) is 0 Å². The molecule has 0 saturated carbocycles. The minimum absolute atomic E-state index is 0.101. The molecule has 6 nitrogen and oxygen atoms in total. The van der Waals surface area contributed by atoms with Crippen LogP contribution in [0.2, 0.25) is 0 Å². The molecule has 0 saturated heterocycles. The number of nitrogens with one attached hydrogen (secondary N) is 1. The monoisotopic (exact) mass is 326 g/mol. The third-order valence-electron chi connectivity index (χ3n) is 3.07. The molecule has 0 aliphatic carbocycles. The van der Waals surface area contributed by atoms with E-state index in [9.17, 15) is 9.90 Å². The number of hydrogen-bond donors (Lipinski definition) is 2. The Hall–Kier alpha value is -3.28. The highest BCUT2D eigenvalue weighted by atomic mass is 16.5. The molecule has 24 heavy (non-hydrogen) atoms. The summed E-state index contributed by atoms with van der Waals surface area (Å²) < 4.78 is 10.7. The molecule has 0 unspecified atom stereocenters. The number of hydrogen-bond acceptors (Lipinski definition) is 5. The number of carbonyl (C=O) groups excluding carboxylic acids is 1. The molecule has 0 aromatic heterocycles. The summed E-state index contributed by atoms with van der Waals surface area (Å²) >= 11 is 0. The lowest BCUT2D eigenvalue weighted by Crippen LogP contribution is -2.17. The van der Waals surface area contributed by atoms with Crippen LogP contribution in [0, 0.1) is 0 Å². The van der Waals surface area contributed by atoms with Gasteiger partial charge in [0.05, 0.1) is 18.9 Å². The molecular weight excluding hydrogens is 308 g/mol. The van der Waals surface area contributed by atoms with E-state index in [-0.39, 0.29) is 11.3 Å². The summed E-state index contributed by atoms with van der Waals surface area (Å²) in [6, 6.07) is 11.5. The Morgan fingerprint density at radius 3 is 2.79 bits per heavy atom. The summed E-state index contributed by atoms with van der Waals surface area (Å²) in [4.78, 5) is 11.9. The first-order valence-corrected chi connectivity index (χ1v) is 7.19. The first kappa shape index (κ1) is 17.1. The van der Waals surface area contributed by atoms with Crippen molar-refractivity contribution in [3.63, 3.8) is 0 Å². The molecule has 1 amide bonds. The van der Waals surface area contributed by atoms with Crippen LogP contribution in [0.25, 0.3) is 0 Å². The van der Waals surface area contributed by atoms with Gasteiger partial charge < -0.3 is 14.6 Å². The van der Waals surface area contributed by atoms with Gasteiger partial charge in [-0.1, -0.05) is 24.8 Å². The SMILES string of the molecule is C=CCOc1ccc(/C=N/NC(=O)c2ccccc2O)cc1OC. The lowest BCUT2D eigenvalue weighted by atomic mass is 10.2. The van der Waals surface area contributed by atoms with Gasteiger partial charge in [0, 0.05) is 0 Å². The van der Waals surface area contributed by atoms with E-state index in [1.165, 1.54) is 25.5 Å². The number of hydrazone groups is 1. The van der Waals surface area contributed by atoms with Gasteiger partial charge in [-0.3, -0.25) is 4.79 Å². The molecule has 2 N–H and O–H groups in total. The second-order valence-electron chi connectivity index (χ2n) is 4.73. The van der Waals surface area contributed by atoms with Crippen molar-refractivity contribution in [2.24, 2.45) is 5.10 Å². The Morgan fingerprint density at radius 2 is 2.08 bits per heavy atom. The van der Waals surface area contributed by atoms with Crippen molar-refractivity contribution in [2.75, 3.05) is 13.7 Å². The van der Waals surface area contributed by atoms with E-state index in [2.05, 4.69) is 17.1 Å². The Kier molecular flexibility index (Phi) is 5.96. The summed E-state index contributed by atoms with van der Waals surface area (Å²) in [5, 5.41) is 13.5. The molecular formula is C18H18N2O4. The van der Waals surface area contributed by atoms with Crippen LogP contribution in [0.4, 0.5) is 0 Å². The minimum Gasteiger partial charge on any atom is -0.507 e. The average Bonchev–Trinajstić information content (AvgIpc) is 2.60. The molecule has 2 aromatic rings. The molecule has 0 fully saturated rings. The number of benzene rings is 2. The molecule has 0 radical (unpaired) electrons. The number of aromatic hydroxyl groups is 1. The van der Waals surface area contributed by atoms with Crippen LogP contribution >= 0.6 is 0 Å². The maximum absolute atomic E-state index is 11.9. The zero-order valence-corrected chi connectivity index (χ0v) is 13.2. The summed E-state index contributed by atoms with van der Waals surface area (Å²) in [6.07, 6.45) is 3.11. The second kappa shape index (κ2) is 8.38. The fourth-order valence-corrected chi connectivity index (χ4v) is 1.92. The Balaban J connectivity index is 2.05. The Labute approximate surface area is 140 Å². The topological polar surface area (TPSA) is 80.2 Å². The molecule has 2 aromatic carbocycles. The van der Waals surface area contributed by atoms with Gasteiger partial charge in [0.2, 0.25) is 0 Å². The van der Waals surface area contributed by atoms with Crippen LogP contribution < -0.4 is 14.9 Å². The van der Waals surface area contributed by atoms with Crippen molar-refractivity contribution in [3.05, 3.63) is 66.2 Å². The molecule has 2 rings (SSSR count). The number of carbonyl (C=O) groups is 1. The highest BCUT2D eigenvalue weighted by Gasteiger charge is 2.09. The molecule has 0 aliphatic heterocycles. The van der Waals surface area contributed by atoms with Crippen molar-refractivity contribution < 1.29 is 19.4 Å². The molecule has 0 heterocycles. The van der Waals surface area contributed by atoms with Crippen LogP contribution in [0.1, 0.15) is 15.9 Å². The predicted octanol–water partition coefficient (Wildman–Crippen LogP) is 2.73. The van der Waals surface area contributed by atoms with Gasteiger partial charge in [0.1, 0.15) is 12.4 Å². The fourth-order valence-electron chi connectivity index (χ4n) is 1.92. The smallest absolute Gasteiger partial charge is 0.275 e. The fraction of sp³-hybridized carbons (Fsp3) is 0.111. The number of ether oxygens (including phenoxy) is 2. The number of phenolic OH excluding ortho intramolecular Hbond substituents is 1. The number of phenols is 1. The molecule has 6 heteroatoms. The predicted molar refractivity (Wildman–Crippen MR) is 91.9 cm³/mol. The molecule has 124 valence electrons. The van der Waals surface area contributed by atoms with Crippen molar-refractivity contribution >= 4 is 12.1 Å². The summed E-state index contributed by atoms with van der Waals surface area (Å²) in [7, 11) is 1.54. The summed E-state index contributed by atoms with van der Waals surface area (Å²) in [6.45, 7) is 3.97. The van der Waals surface area contributed by atoms with Gasteiger partial charge in [0.25, 0.3) is 5.91 Å². The third kappa shape index (κ3) is 4.36. The first-order valence-electron chi connectivity index (χ1n) is 7.19. The quantitative estimate of drug-likeness (QED) is 0.466. The van der Waals surface area contributed by atoms with E-state index in [1.807, 2.05) is 0 Å². The van der Waals surface area contributed by atoms with E-state index in [0.717, 1.165) is 5.56 Å². The van der Waals surface area contributed by atoms with Gasteiger partial charge in [-0.2, -0.15) is 5.10 Å². The first-order chi connectivity index (χ1) is 11.7. The molecule has 0 aliphatic rings. The lowest BCUT2D eigenvalue weighted by molar-refractivity contribution is 0.0952. The van der Waals surface area contributed by atoms with Gasteiger partial charge in [0.15, 0.2) is 11.5 Å². The van der Waals surface area contributed by atoms with E-state index in [1.54, 1.807) is 36.4 Å². The minimum atomic E-state index is -0.498. The van der Waals surface area contributed by atoms with E-state index in [0.29, 0.717) is 18.1 Å². The zero-order valence-electron chi connectivity index (χ0n) is 13.2. The standard InChI is InChI=1S/C18H18N2O4/c1-3-10-24-16-9-8-13(11-17(16)23-2)12-19-20-18(22)14-6-4-5-7-15(14)21/h3-9,11-12,21H,1,10H2,2H3,(H,20,22)/b19-12+. The Morgan fingerprint density at radius 1 is 1.29 bits per heavy atom.